The number of fused-ring (bicyclic) bond motifs is 1. The van der Waals surface area contributed by atoms with Crippen molar-refractivity contribution in [3.63, 3.8) is 0 Å². The van der Waals surface area contributed by atoms with Gasteiger partial charge in [0.05, 0.1) is 11.0 Å². The van der Waals surface area contributed by atoms with E-state index in [4.69, 9.17) is 17.0 Å². The third-order valence-corrected chi connectivity index (χ3v) is 8.46. The molecule has 3 fully saturated rings. The van der Waals surface area contributed by atoms with E-state index in [1.165, 1.54) is 37.4 Å². The number of rotatable bonds is 8. The van der Waals surface area contributed by atoms with Gasteiger partial charge in [0.1, 0.15) is 10.9 Å². The van der Waals surface area contributed by atoms with Gasteiger partial charge in [0.15, 0.2) is 0 Å². The van der Waals surface area contributed by atoms with Crippen molar-refractivity contribution in [1.82, 2.24) is 14.8 Å². The lowest BCUT2D eigenvalue weighted by Crippen LogP contribution is -2.34. The third-order valence-electron chi connectivity index (χ3n) is 7.08. The fourth-order valence-electron chi connectivity index (χ4n) is 5.21. The molecule has 2 amide bonds. The Balaban J connectivity index is 1.30. The summed E-state index contributed by atoms with van der Waals surface area (Å²) in [6.07, 6.45) is 12.2. The van der Waals surface area contributed by atoms with Gasteiger partial charge >= 0.3 is 0 Å². The first-order chi connectivity index (χ1) is 16.6. The predicted octanol–water partition coefficient (Wildman–Crippen LogP) is 4.72. The normalized spacial score (nSPS) is 22.5. The maximum Gasteiger partial charge on any atom is 0.266 e. The molecule has 0 spiro atoms. The number of nitrogens with zero attached hydrogens (tertiary/aromatic N) is 2. The number of amides is 2. The van der Waals surface area contributed by atoms with Crippen molar-refractivity contribution in [2.75, 3.05) is 19.7 Å². The van der Waals surface area contributed by atoms with Gasteiger partial charge in [-0.2, -0.15) is 0 Å². The maximum absolute atomic E-state index is 13.1. The van der Waals surface area contributed by atoms with Crippen molar-refractivity contribution in [2.24, 2.45) is 5.92 Å². The molecule has 3 heterocycles. The highest BCUT2D eigenvalue weighted by Crippen LogP contribution is 2.36. The Morgan fingerprint density at radius 2 is 2.03 bits per heavy atom. The smallest absolute Gasteiger partial charge is 0.266 e. The Morgan fingerprint density at radius 1 is 1.21 bits per heavy atom. The first-order valence-corrected chi connectivity index (χ1v) is 13.5. The van der Waals surface area contributed by atoms with E-state index in [-0.39, 0.29) is 24.5 Å². The van der Waals surface area contributed by atoms with E-state index in [1.54, 1.807) is 4.90 Å². The summed E-state index contributed by atoms with van der Waals surface area (Å²) < 4.78 is 8.19. The highest BCUT2D eigenvalue weighted by atomic mass is 32.2. The lowest BCUT2D eigenvalue weighted by Gasteiger charge is -2.17. The molecule has 1 N–H and O–H groups in total. The number of carbonyl (C=O) groups is 2. The first-order valence-electron chi connectivity index (χ1n) is 12.3. The summed E-state index contributed by atoms with van der Waals surface area (Å²) in [5.41, 5.74) is 1.90. The summed E-state index contributed by atoms with van der Waals surface area (Å²) in [7, 11) is 0. The lowest BCUT2D eigenvalue weighted by molar-refractivity contribution is -0.123. The monoisotopic (exact) mass is 497 g/mol. The number of benzene rings is 1. The molecule has 6 nitrogen and oxygen atoms in total. The molecular weight excluding hydrogens is 466 g/mol. The Bertz CT molecular complexity index is 1110. The molecule has 0 radical (unpaired) electrons. The largest absolute Gasteiger partial charge is 0.376 e. The molecule has 5 rings (SSSR count). The quantitative estimate of drug-likeness (QED) is 0.422. The summed E-state index contributed by atoms with van der Waals surface area (Å²) in [4.78, 5) is 28.1. The number of nitrogens with one attached hydrogen (secondary N) is 1. The summed E-state index contributed by atoms with van der Waals surface area (Å²) in [5, 5.41) is 4.01. The molecule has 1 aliphatic carbocycles. The fourth-order valence-corrected chi connectivity index (χ4v) is 6.51. The third kappa shape index (κ3) is 5.24. The number of carbonyl (C=O) groups excluding carboxylic acids is 2. The van der Waals surface area contributed by atoms with Gasteiger partial charge in [-0.15, -0.1) is 0 Å². The molecule has 0 bridgehead atoms. The molecule has 1 saturated carbocycles. The van der Waals surface area contributed by atoms with Crippen LogP contribution in [-0.4, -0.2) is 51.4 Å². The van der Waals surface area contributed by atoms with Crippen LogP contribution in [0, 0.1) is 5.92 Å². The van der Waals surface area contributed by atoms with Crippen LogP contribution in [0.15, 0.2) is 35.4 Å². The zero-order chi connectivity index (χ0) is 23.5. The van der Waals surface area contributed by atoms with Crippen molar-refractivity contribution in [2.45, 2.75) is 57.6 Å². The maximum atomic E-state index is 13.1. The second kappa shape index (κ2) is 10.6. The lowest BCUT2D eigenvalue weighted by atomic mass is 10.0. The molecule has 34 heavy (non-hydrogen) atoms. The van der Waals surface area contributed by atoms with E-state index in [1.807, 2.05) is 41.1 Å². The Hall–Kier alpha value is -2.16. The average Bonchev–Trinajstić information content (AvgIpc) is 3.63. The number of thiocarbonyl (C=S) groups is 1. The van der Waals surface area contributed by atoms with Crippen LogP contribution in [0.2, 0.25) is 0 Å². The van der Waals surface area contributed by atoms with Crippen molar-refractivity contribution >= 4 is 57.1 Å². The van der Waals surface area contributed by atoms with E-state index >= 15 is 0 Å². The highest BCUT2D eigenvalue weighted by Gasteiger charge is 2.32. The van der Waals surface area contributed by atoms with Crippen LogP contribution in [0.5, 0.6) is 0 Å². The van der Waals surface area contributed by atoms with Crippen LogP contribution in [0.25, 0.3) is 17.0 Å². The van der Waals surface area contributed by atoms with Crippen LogP contribution >= 0.6 is 24.0 Å². The minimum Gasteiger partial charge on any atom is -0.376 e. The van der Waals surface area contributed by atoms with Crippen molar-refractivity contribution in [3.05, 3.63) is 40.9 Å². The standard InChI is InChI=1S/C26H31N3O3S2/c30-24(27-15-20-8-5-13-32-20)17-28-16-19(21-9-3-4-10-22(21)28)14-23-25(31)29(26(33)34-23)12-11-18-6-1-2-7-18/h3-4,9-10,14,16,18,20H,1-2,5-8,11-13,15,17H2,(H,27,30)/b23-14-/t20-/m0/s1. The second-order valence-electron chi connectivity index (χ2n) is 9.44. The minimum absolute atomic E-state index is 0.000801. The molecule has 3 aliphatic rings. The van der Waals surface area contributed by atoms with Crippen LogP contribution in [0.1, 0.15) is 50.5 Å². The van der Waals surface area contributed by atoms with Crippen LogP contribution in [0.4, 0.5) is 0 Å². The Kier molecular flexibility index (Phi) is 7.37. The molecule has 1 aromatic carbocycles. The molecule has 0 unspecified atom stereocenters. The van der Waals surface area contributed by atoms with Gasteiger partial charge in [-0.3, -0.25) is 14.5 Å². The number of hydrogen-bond donors (Lipinski definition) is 1. The fraction of sp³-hybridized carbons (Fsp3) is 0.500. The molecule has 2 saturated heterocycles. The van der Waals surface area contributed by atoms with Gasteiger partial charge < -0.3 is 14.6 Å². The highest BCUT2D eigenvalue weighted by molar-refractivity contribution is 8.26. The summed E-state index contributed by atoms with van der Waals surface area (Å²) in [5.74, 6) is 0.679. The summed E-state index contributed by atoms with van der Waals surface area (Å²) in [6.45, 7) is 2.26. The van der Waals surface area contributed by atoms with E-state index in [0.29, 0.717) is 22.3 Å². The van der Waals surface area contributed by atoms with Gasteiger partial charge in [-0.05, 0) is 37.3 Å². The number of thioether (sulfide) groups is 1. The van der Waals surface area contributed by atoms with Gasteiger partial charge in [-0.25, -0.2) is 0 Å². The predicted molar refractivity (Wildman–Crippen MR) is 140 cm³/mol. The zero-order valence-electron chi connectivity index (χ0n) is 19.3. The SMILES string of the molecule is O=C(Cn1cc(/C=C2\SC(=S)N(CCC3CCCC3)C2=O)c2ccccc21)NC[C@@H]1CCCO1. The van der Waals surface area contributed by atoms with Gasteiger partial charge in [0.2, 0.25) is 5.91 Å². The molecule has 2 aromatic rings. The molecule has 1 atom stereocenters. The van der Waals surface area contributed by atoms with E-state index < -0.39 is 0 Å². The van der Waals surface area contributed by atoms with E-state index in [2.05, 4.69) is 5.32 Å². The number of hydrogen-bond acceptors (Lipinski definition) is 5. The topological polar surface area (TPSA) is 63.6 Å². The second-order valence-corrected chi connectivity index (χ2v) is 11.1. The molecule has 2 aliphatic heterocycles. The zero-order valence-corrected chi connectivity index (χ0v) is 21.0. The number of para-hydroxylation sites is 1. The molecular formula is C26H31N3O3S2. The average molecular weight is 498 g/mol. The Morgan fingerprint density at radius 3 is 2.82 bits per heavy atom. The summed E-state index contributed by atoms with van der Waals surface area (Å²) in [6, 6.07) is 7.99. The first kappa shape index (κ1) is 23.6. The minimum atomic E-state index is -0.0407. The van der Waals surface area contributed by atoms with Gasteiger partial charge in [-0.1, -0.05) is 67.9 Å². The van der Waals surface area contributed by atoms with E-state index in [9.17, 15) is 9.59 Å². The van der Waals surface area contributed by atoms with Gasteiger partial charge in [0.25, 0.3) is 5.91 Å². The van der Waals surface area contributed by atoms with Crippen LogP contribution < -0.4 is 5.32 Å². The van der Waals surface area contributed by atoms with Crippen LogP contribution in [0.3, 0.4) is 0 Å². The van der Waals surface area contributed by atoms with E-state index in [0.717, 1.165) is 48.3 Å². The molecule has 1 aromatic heterocycles. The Labute approximate surface area is 210 Å². The van der Waals surface area contributed by atoms with Gasteiger partial charge in [0, 0.05) is 42.4 Å². The molecule has 180 valence electrons. The van der Waals surface area contributed by atoms with Crippen molar-refractivity contribution in [3.8, 4) is 0 Å². The van der Waals surface area contributed by atoms with Crippen molar-refractivity contribution < 1.29 is 14.3 Å². The number of aromatic nitrogens is 1. The molecule has 8 heteroatoms. The number of ether oxygens (including phenoxy) is 1. The van der Waals surface area contributed by atoms with Crippen LogP contribution in [-0.2, 0) is 20.9 Å². The van der Waals surface area contributed by atoms with Crippen molar-refractivity contribution in [1.29, 1.82) is 0 Å². The summed E-state index contributed by atoms with van der Waals surface area (Å²) >= 11 is 6.92.